The Balaban J connectivity index is 3.11. The summed E-state index contributed by atoms with van der Waals surface area (Å²) in [6.45, 7) is 0. The van der Waals surface area contributed by atoms with E-state index in [0.29, 0.717) is 0 Å². The summed E-state index contributed by atoms with van der Waals surface area (Å²) in [5, 5.41) is 0. The zero-order valence-corrected chi connectivity index (χ0v) is 2.66. The lowest BCUT2D eigenvalue weighted by molar-refractivity contribution is 0.697. The summed E-state index contributed by atoms with van der Waals surface area (Å²) in [5.74, 6) is 4.30. The molecule has 0 unspecified atom stereocenters. The number of nitrogens with two attached hydrogens (primary N) is 1. The fraction of sp³-hybridized carbons (Fsp3) is 0. The Hall–Kier alpha value is -0.220. The van der Waals surface area contributed by atoms with E-state index in [-0.39, 0.29) is 11.5 Å². The minimum atomic E-state index is 0.00926. The van der Waals surface area contributed by atoms with Crippen LogP contribution in [0.25, 0.3) is 0 Å². The van der Waals surface area contributed by atoms with Crippen molar-refractivity contribution in [2.24, 2.45) is 10.3 Å². The molecule has 0 saturated heterocycles. The van der Waals surface area contributed by atoms with E-state index in [2.05, 4.69) is 10.3 Å². The van der Waals surface area contributed by atoms with Crippen molar-refractivity contribution in [3.8, 4) is 0 Å². The highest BCUT2D eigenvalue weighted by Gasteiger charge is 1.27. The van der Waals surface area contributed by atoms with E-state index in [1.54, 1.807) is 0 Å². The quantitative estimate of drug-likeness (QED) is 0.306. The number of hydrogen-bond donors (Lipinski definition) is 1. The van der Waals surface area contributed by atoms with Crippen molar-refractivity contribution in [3.05, 3.63) is 0 Å². The van der Waals surface area contributed by atoms with E-state index in [9.17, 15) is 0 Å². The van der Waals surface area contributed by atoms with Crippen LogP contribution in [-0.2, 0) is 11.5 Å². The summed E-state index contributed by atoms with van der Waals surface area (Å²) in [6, 6.07) is 0. The molecule has 0 aliphatic rings. The van der Waals surface area contributed by atoms with Crippen molar-refractivity contribution in [1.29, 1.82) is 0 Å². The third-order valence-electron chi connectivity index (χ3n) is 0.0430. The SMILES string of the molecule is NN=S=O. The topological polar surface area (TPSA) is 55.4 Å². The van der Waals surface area contributed by atoms with Crippen LogP contribution in [0.2, 0.25) is 0 Å². The van der Waals surface area contributed by atoms with Crippen LogP contribution in [0.5, 0.6) is 0 Å². The maximum Gasteiger partial charge on any atom is 0.217 e. The Labute approximate surface area is 27.0 Å². The minimum Gasteiger partial charge on any atom is -0.213 e. The van der Waals surface area contributed by atoms with Crippen LogP contribution < -0.4 is 5.84 Å². The first kappa shape index (κ1) is 3.78. The Kier molecular flexibility index (Phi) is 2.63. The predicted molar refractivity (Wildman–Crippen MR) is 14.8 cm³/mol. The van der Waals surface area contributed by atoms with Gasteiger partial charge in [-0.05, 0) is 0 Å². The average molecular weight is 78.1 g/mol. The summed E-state index contributed by atoms with van der Waals surface area (Å²) in [6.07, 6.45) is 0. The standard InChI is InChI=1S/H2N2OS/c1-2-4-3/h1H2. The second-order valence-electron chi connectivity index (χ2n) is 0.180. The van der Waals surface area contributed by atoms with Gasteiger partial charge >= 0.3 is 0 Å². The zero-order valence-electron chi connectivity index (χ0n) is 1.84. The van der Waals surface area contributed by atoms with Gasteiger partial charge in [0.05, 0.1) is 0 Å². The lowest BCUT2D eigenvalue weighted by Gasteiger charge is -1.38. The van der Waals surface area contributed by atoms with Crippen LogP contribution >= 0.6 is 0 Å². The van der Waals surface area contributed by atoms with Gasteiger partial charge in [-0.25, -0.2) is 5.84 Å². The van der Waals surface area contributed by atoms with Gasteiger partial charge < -0.3 is 0 Å². The van der Waals surface area contributed by atoms with Gasteiger partial charge in [0.2, 0.25) is 11.5 Å². The van der Waals surface area contributed by atoms with Gasteiger partial charge in [-0.2, -0.15) is 4.21 Å². The fourth-order valence-electron chi connectivity index (χ4n) is 0. The summed E-state index contributed by atoms with van der Waals surface area (Å²) in [7, 11) is 0. The van der Waals surface area contributed by atoms with Crippen LogP contribution in [0, 0.1) is 0 Å². The van der Waals surface area contributed by atoms with Crippen LogP contribution in [0.3, 0.4) is 0 Å². The number of rotatable bonds is 0. The van der Waals surface area contributed by atoms with E-state index in [1.165, 1.54) is 0 Å². The summed E-state index contributed by atoms with van der Waals surface area (Å²) in [4.78, 5) is 0. The van der Waals surface area contributed by atoms with Gasteiger partial charge in [-0.15, -0.1) is 4.47 Å². The molecule has 4 heteroatoms. The summed E-state index contributed by atoms with van der Waals surface area (Å²) in [5.41, 5.74) is 0. The van der Waals surface area contributed by atoms with E-state index in [4.69, 9.17) is 4.21 Å². The van der Waals surface area contributed by atoms with Crippen molar-refractivity contribution in [3.63, 3.8) is 0 Å². The Morgan fingerprint density at radius 2 is 2.25 bits per heavy atom. The molecule has 0 rings (SSSR count). The normalized spacial score (nSPS) is 5.25. The van der Waals surface area contributed by atoms with Gasteiger partial charge in [0.25, 0.3) is 0 Å². The van der Waals surface area contributed by atoms with Crippen molar-refractivity contribution < 1.29 is 4.21 Å². The third-order valence-corrected chi connectivity index (χ3v) is 0.129. The van der Waals surface area contributed by atoms with Gasteiger partial charge in [-0.1, -0.05) is 0 Å². The molecule has 0 aliphatic carbocycles. The monoisotopic (exact) mass is 78.0 g/mol. The van der Waals surface area contributed by atoms with Crippen molar-refractivity contribution in [2.45, 2.75) is 0 Å². The highest BCUT2D eigenvalue weighted by Crippen LogP contribution is 1.20. The Bertz CT molecular complexity index is 44.0. The van der Waals surface area contributed by atoms with E-state index in [1.807, 2.05) is 0 Å². The first-order chi connectivity index (χ1) is 1.91. The summed E-state index contributed by atoms with van der Waals surface area (Å²) < 4.78 is 11.5. The number of nitrogens with zero attached hydrogens (tertiary/aromatic N) is 1. The van der Waals surface area contributed by atoms with Gasteiger partial charge in [-0.3, -0.25) is 0 Å². The van der Waals surface area contributed by atoms with Crippen molar-refractivity contribution >= 4 is 11.5 Å². The van der Waals surface area contributed by atoms with Crippen LogP contribution in [-0.4, -0.2) is 4.21 Å². The largest absolute Gasteiger partial charge is 0.217 e. The molecule has 0 spiro atoms. The maximum atomic E-state index is 8.92. The predicted octanol–water partition coefficient (Wildman–Crippen LogP) is -0.743. The van der Waals surface area contributed by atoms with E-state index < -0.39 is 0 Å². The van der Waals surface area contributed by atoms with Crippen molar-refractivity contribution in [1.82, 2.24) is 0 Å². The lowest BCUT2D eigenvalue weighted by atomic mass is 13.0. The van der Waals surface area contributed by atoms with Gasteiger partial charge in [0.1, 0.15) is 0 Å². The second kappa shape index (κ2) is 2.78. The highest BCUT2D eigenvalue weighted by molar-refractivity contribution is 7.54. The highest BCUT2D eigenvalue weighted by atomic mass is 32.1. The smallest absolute Gasteiger partial charge is 0.213 e. The number of hydrogen-bond acceptors (Lipinski definition) is 2. The molecule has 24 valence electrons. The Morgan fingerprint density at radius 1 is 2.00 bits per heavy atom. The van der Waals surface area contributed by atoms with Crippen LogP contribution in [0.1, 0.15) is 0 Å². The molecule has 0 heterocycles. The molecule has 0 radical (unpaired) electrons. The molecule has 4 heavy (non-hydrogen) atoms. The summed E-state index contributed by atoms with van der Waals surface area (Å²) >= 11 is 0.00926. The lowest BCUT2D eigenvalue weighted by Crippen LogP contribution is -1.69. The van der Waals surface area contributed by atoms with Crippen LogP contribution in [0.15, 0.2) is 4.47 Å². The molecule has 0 atom stereocenters. The van der Waals surface area contributed by atoms with E-state index in [0.717, 1.165) is 0 Å². The Morgan fingerprint density at radius 3 is 2.25 bits per heavy atom. The van der Waals surface area contributed by atoms with E-state index >= 15 is 0 Å². The molecule has 0 aromatic heterocycles. The molecule has 0 amide bonds. The molecule has 0 aliphatic heterocycles. The molecular formula is H2N2OS. The molecular weight excluding hydrogens is 76.1 g/mol. The maximum absolute atomic E-state index is 8.92. The minimum absolute atomic E-state index is 0.00926. The second-order valence-corrected chi connectivity index (χ2v) is 0.540. The molecule has 0 aromatic rings. The third kappa shape index (κ3) is 1.78. The molecule has 0 fully saturated rings. The molecule has 2 N–H and O–H groups in total. The molecule has 0 saturated carbocycles. The fourth-order valence-corrected chi connectivity index (χ4v) is 0. The van der Waals surface area contributed by atoms with Gasteiger partial charge in [0.15, 0.2) is 0 Å². The molecule has 0 bridgehead atoms. The zero-order chi connectivity index (χ0) is 3.41. The van der Waals surface area contributed by atoms with Gasteiger partial charge in [0, 0.05) is 0 Å². The first-order valence-electron chi connectivity index (χ1n) is 0.607. The average Bonchev–Trinajstić information content (AvgIpc) is 1.37. The first-order valence-corrected chi connectivity index (χ1v) is 1.31. The van der Waals surface area contributed by atoms with Crippen molar-refractivity contribution in [2.75, 3.05) is 0 Å². The molecule has 0 aromatic carbocycles. The molecule has 3 nitrogen and oxygen atoms in total. The van der Waals surface area contributed by atoms with Crippen LogP contribution in [0.4, 0.5) is 0 Å².